The number of aryl methyl sites for hydroxylation is 2. The summed E-state index contributed by atoms with van der Waals surface area (Å²) in [5.74, 6) is -0.134. The fourth-order valence-corrected chi connectivity index (χ4v) is 2.10. The van der Waals surface area contributed by atoms with Crippen LogP contribution in [-0.2, 0) is 20.9 Å². The lowest BCUT2D eigenvalue weighted by atomic mass is 10.3. The highest BCUT2D eigenvalue weighted by Gasteiger charge is 2.23. The number of nitroso groups, excluding NO2 is 1. The predicted molar refractivity (Wildman–Crippen MR) is 75.4 cm³/mol. The Morgan fingerprint density at radius 3 is 2.74 bits per heavy atom. The zero-order valence-corrected chi connectivity index (χ0v) is 12.8. The molecule has 2 aromatic heterocycles. The first-order valence-corrected chi connectivity index (χ1v) is 7.42. The summed E-state index contributed by atoms with van der Waals surface area (Å²) in [4.78, 5) is 44.5. The molecule has 0 aliphatic rings. The van der Waals surface area contributed by atoms with E-state index < -0.39 is 26.2 Å². The molecular formula is C9H11N6O7P. The van der Waals surface area contributed by atoms with E-state index in [0.29, 0.717) is 15.8 Å². The zero-order valence-electron chi connectivity index (χ0n) is 11.9. The average Bonchev–Trinajstić information content (AvgIpc) is 2.78. The summed E-state index contributed by atoms with van der Waals surface area (Å²) < 4.78 is 20.8. The van der Waals surface area contributed by atoms with Gasteiger partial charge in [0.25, 0.3) is 0 Å². The summed E-state index contributed by atoms with van der Waals surface area (Å²) in [5, 5.41) is 7.89. The third-order valence-electron chi connectivity index (χ3n) is 2.76. The van der Waals surface area contributed by atoms with Gasteiger partial charge in [-0.15, -0.1) is 14.7 Å². The Hall–Kier alpha value is -2.63. The molecule has 23 heavy (non-hydrogen) atoms. The molecule has 0 radical (unpaired) electrons. The van der Waals surface area contributed by atoms with Gasteiger partial charge in [-0.1, -0.05) is 0 Å². The zero-order chi connectivity index (χ0) is 17.4. The second-order valence-electron chi connectivity index (χ2n) is 4.26. The average molecular weight is 346 g/mol. The van der Waals surface area contributed by atoms with Crippen molar-refractivity contribution in [2.45, 2.75) is 6.92 Å². The normalized spacial score (nSPS) is 13.7. The number of rotatable bonds is 4. The fourth-order valence-electron chi connectivity index (χ4n) is 1.87. The van der Waals surface area contributed by atoms with Gasteiger partial charge in [0.2, 0.25) is 6.79 Å². The van der Waals surface area contributed by atoms with E-state index in [1.54, 1.807) is 6.92 Å². The van der Waals surface area contributed by atoms with E-state index in [1.807, 2.05) is 4.95 Å². The van der Waals surface area contributed by atoms with Crippen molar-refractivity contribution >= 4 is 30.6 Å². The molecule has 0 aliphatic carbocycles. The number of aromatic nitrogens is 4. The largest absolute Gasteiger partial charge is 0.490 e. The number of nitrogen functional groups attached to an aromatic ring is 1. The highest BCUT2D eigenvalue weighted by molar-refractivity contribution is 7.51. The summed E-state index contributed by atoms with van der Waals surface area (Å²) in [6, 6.07) is 0. The van der Waals surface area contributed by atoms with Gasteiger partial charge in [0, 0.05) is 12.0 Å². The third kappa shape index (κ3) is 3.11. The van der Waals surface area contributed by atoms with Gasteiger partial charge in [0.1, 0.15) is 5.52 Å². The maximum Gasteiger partial charge on any atom is 0.490 e. The summed E-state index contributed by atoms with van der Waals surface area (Å²) in [6.07, 6.45) is -1.33. The van der Waals surface area contributed by atoms with Crippen molar-refractivity contribution in [3.05, 3.63) is 21.0 Å². The standard InChI is InChI=1S/C9H11N6O7P/c1-4-5-6(14(2)11-4)8(16)15(12-7(5)10)9(17)21-3-22-23(19,20)13-18/h3H2,1-2H3,(H2,10,12)(H,19,20). The molecule has 2 heterocycles. The number of ether oxygens (including phenoxy) is 1. The van der Waals surface area contributed by atoms with Gasteiger partial charge in [-0.3, -0.25) is 14.0 Å². The van der Waals surface area contributed by atoms with Crippen molar-refractivity contribution in [2.75, 3.05) is 12.5 Å². The number of hydrogen-bond acceptors (Lipinski definition) is 9. The molecule has 0 bridgehead atoms. The molecule has 0 amide bonds. The van der Waals surface area contributed by atoms with Crippen LogP contribution in [0, 0.1) is 11.8 Å². The molecule has 124 valence electrons. The van der Waals surface area contributed by atoms with E-state index in [2.05, 4.69) is 19.5 Å². The van der Waals surface area contributed by atoms with E-state index in [4.69, 9.17) is 10.6 Å². The van der Waals surface area contributed by atoms with Gasteiger partial charge >= 0.3 is 19.4 Å². The van der Waals surface area contributed by atoms with Crippen molar-refractivity contribution in [1.29, 1.82) is 0 Å². The molecule has 3 N–H and O–H groups in total. The monoisotopic (exact) mass is 346 g/mol. The summed E-state index contributed by atoms with van der Waals surface area (Å²) >= 11 is 0. The Balaban J connectivity index is 2.33. The van der Waals surface area contributed by atoms with Gasteiger partial charge in [-0.25, -0.2) is 9.36 Å². The first-order valence-electron chi connectivity index (χ1n) is 5.89. The van der Waals surface area contributed by atoms with E-state index in [1.165, 1.54) is 11.7 Å². The van der Waals surface area contributed by atoms with Crippen LogP contribution in [0.15, 0.2) is 9.74 Å². The summed E-state index contributed by atoms with van der Waals surface area (Å²) in [5.41, 5.74) is 5.31. The van der Waals surface area contributed by atoms with Gasteiger partial charge in [-0.2, -0.15) is 5.10 Å². The van der Waals surface area contributed by atoms with Crippen LogP contribution in [0.1, 0.15) is 5.69 Å². The Kier molecular flexibility index (Phi) is 4.27. The Morgan fingerprint density at radius 2 is 2.13 bits per heavy atom. The summed E-state index contributed by atoms with van der Waals surface area (Å²) in [7, 11) is -3.26. The molecule has 0 saturated carbocycles. The van der Waals surface area contributed by atoms with Gasteiger partial charge < -0.3 is 15.4 Å². The lowest BCUT2D eigenvalue weighted by molar-refractivity contribution is 0.0513. The van der Waals surface area contributed by atoms with Crippen LogP contribution in [0.25, 0.3) is 10.9 Å². The molecule has 2 rings (SSSR count). The Labute approximate surface area is 127 Å². The number of nitrogens with zero attached hydrogens (tertiary/aromatic N) is 5. The van der Waals surface area contributed by atoms with Crippen molar-refractivity contribution < 1.29 is 23.5 Å². The van der Waals surface area contributed by atoms with Crippen molar-refractivity contribution in [3.63, 3.8) is 0 Å². The van der Waals surface area contributed by atoms with Gasteiger partial charge in [0.05, 0.1) is 11.1 Å². The number of anilines is 1. The smallest absolute Gasteiger partial charge is 0.420 e. The van der Waals surface area contributed by atoms with Gasteiger partial charge in [0.15, 0.2) is 5.82 Å². The molecular weight excluding hydrogens is 335 g/mol. The highest BCUT2D eigenvalue weighted by Crippen LogP contribution is 2.42. The van der Waals surface area contributed by atoms with Crippen LogP contribution in [0.3, 0.4) is 0 Å². The molecule has 13 nitrogen and oxygen atoms in total. The number of hydrogen-bond donors (Lipinski definition) is 2. The molecule has 0 aliphatic heterocycles. The van der Waals surface area contributed by atoms with E-state index in [0.717, 1.165) is 0 Å². The molecule has 0 spiro atoms. The van der Waals surface area contributed by atoms with Gasteiger partial charge in [-0.05, 0) is 6.92 Å². The quantitative estimate of drug-likeness (QED) is 0.429. The van der Waals surface area contributed by atoms with Crippen LogP contribution in [0.5, 0.6) is 0 Å². The maximum absolute atomic E-state index is 12.2. The Bertz CT molecular complexity index is 902. The first-order chi connectivity index (χ1) is 10.7. The third-order valence-corrected chi connectivity index (χ3v) is 3.41. The topological polar surface area (TPSA) is 181 Å². The molecule has 1 atom stereocenters. The molecule has 14 heteroatoms. The minimum Gasteiger partial charge on any atom is -0.420 e. The first kappa shape index (κ1) is 16.7. The molecule has 1 unspecified atom stereocenters. The highest BCUT2D eigenvalue weighted by atomic mass is 31.2. The minimum atomic E-state index is -4.74. The van der Waals surface area contributed by atoms with Crippen molar-refractivity contribution in [2.24, 2.45) is 12.0 Å². The predicted octanol–water partition coefficient (Wildman–Crippen LogP) is -0.154. The molecule has 0 aromatic carbocycles. The fraction of sp³-hybridized carbons (Fsp3) is 0.333. The van der Waals surface area contributed by atoms with E-state index in [-0.39, 0.29) is 11.3 Å². The van der Waals surface area contributed by atoms with Crippen LogP contribution in [0.4, 0.5) is 10.6 Å². The van der Waals surface area contributed by atoms with Crippen LogP contribution in [0.2, 0.25) is 0 Å². The number of fused-ring (bicyclic) bond motifs is 1. The maximum atomic E-state index is 12.2. The number of nitrogens with two attached hydrogens (primary N) is 1. The van der Waals surface area contributed by atoms with E-state index in [9.17, 15) is 19.1 Å². The number of carbonyl (C=O) groups is 1. The second-order valence-corrected chi connectivity index (χ2v) is 5.67. The molecule has 0 saturated heterocycles. The lowest BCUT2D eigenvalue weighted by Gasteiger charge is -2.07. The van der Waals surface area contributed by atoms with E-state index >= 15 is 0 Å². The van der Waals surface area contributed by atoms with Crippen LogP contribution in [-0.4, -0.2) is 37.3 Å². The second kappa shape index (κ2) is 5.87. The van der Waals surface area contributed by atoms with Crippen LogP contribution < -0.4 is 11.3 Å². The lowest BCUT2D eigenvalue weighted by Crippen LogP contribution is -2.32. The summed E-state index contributed by atoms with van der Waals surface area (Å²) in [6.45, 7) is 0.524. The number of carbonyl (C=O) groups excluding carboxylic acids is 1. The Morgan fingerprint density at radius 1 is 1.48 bits per heavy atom. The van der Waals surface area contributed by atoms with Crippen molar-refractivity contribution in [3.8, 4) is 0 Å². The molecule has 0 fully saturated rings. The molecule has 2 aromatic rings. The minimum absolute atomic E-state index is 0.0234. The SMILES string of the molecule is Cc1nn(C)c2c(=O)n(C(=O)OCOP(=O)(O)N=O)nc(N)c12. The van der Waals surface area contributed by atoms with Crippen molar-refractivity contribution in [1.82, 2.24) is 19.6 Å². The van der Waals surface area contributed by atoms with Crippen LogP contribution >= 0.6 is 7.75 Å².